The Morgan fingerprint density at radius 3 is 2.32 bits per heavy atom. The molecule has 0 aliphatic heterocycles. The minimum absolute atomic E-state index is 0. The molecule has 0 saturated heterocycles. The fraction of sp³-hybridized carbons (Fsp3) is 0.375. The summed E-state index contributed by atoms with van der Waals surface area (Å²) in [5.41, 5.74) is 5.87. The molecule has 0 spiro atoms. The quantitative estimate of drug-likeness (QED) is 0.902. The van der Waals surface area contributed by atoms with E-state index < -0.39 is 10.0 Å². The van der Waals surface area contributed by atoms with Gasteiger partial charge >= 0.3 is 0 Å². The van der Waals surface area contributed by atoms with Crippen LogP contribution < -0.4 is 10.5 Å². The van der Waals surface area contributed by atoms with Crippen LogP contribution in [0.1, 0.15) is 25.7 Å². The van der Waals surface area contributed by atoms with Gasteiger partial charge in [-0.3, -0.25) is 0 Å². The minimum atomic E-state index is -3.49. The molecule has 4 nitrogen and oxygen atoms in total. The molecule has 1 fully saturated rings. The predicted octanol–water partition coefficient (Wildman–Crippen LogP) is 2.81. The third kappa shape index (κ3) is 3.60. The van der Waals surface area contributed by atoms with Gasteiger partial charge in [0.05, 0.1) is 4.90 Å². The number of nitrogens with one attached hydrogen (secondary N) is 1. The maximum absolute atomic E-state index is 12.7. The van der Waals surface area contributed by atoms with Crippen molar-refractivity contribution < 1.29 is 8.42 Å². The maximum Gasteiger partial charge on any atom is 0.241 e. The zero-order valence-corrected chi connectivity index (χ0v) is 13.9. The SMILES string of the molecule is Cl.NC1CCC(NS(=O)(=O)c2cccc3ccccc23)CC1. The monoisotopic (exact) mass is 340 g/mol. The van der Waals surface area contributed by atoms with Gasteiger partial charge in [0, 0.05) is 17.5 Å². The Hall–Kier alpha value is -1.14. The summed E-state index contributed by atoms with van der Waals surface area (Å²) in [6.45, 7) is 0. The number of sulfonamides is 1. The Morgan fingerprint density at radius 2 is 1.59 bits per heavy atom. The van der Waals surface area contributed by atoms with Gasteiger partial charge in [0.25, 0.3) is 0 Å². The third-order valence-electron chi connectivity index (χ3n) is 4.13. The molecule has 2 aromatic carbocycles. The van der Waals surface area contributed by atoms with Crippen LogP contribution in [0.15, 0.2) is 47.4 Å². The topological polar surface area (TPSA) is 72.2 Å². The van der Waals surface area contributed by atoms with Gasteiger partial charge in [-0.25, -0.2) is 13.1 Å². The van der Waals surface area contributed by atoms with E-state index in [0.29, 0.717) is 4.90 Å². The van der Waals surface area contributed by atoms with Crippen molar-refractivity contribution in [1.82, 2.24) is 4.72 Å². The molecule has 0 radical (unpaired) electrons. The molecule has 3 rings (SSSR count). The van der Waals surface area contributed by atoms with E-state index in [9.17, 15) is 8.42 Å². The zero-order valence-electron chi connectivity index (χ0n) is 12.2. The van der Waals surface area contributed by atoms with Crippen LogP contribution in [0.25, 0.3) is 10.8 Å². The second kappa shape index (κ2) is 6.96. The summed E-state index contributed by atoms with van der Waals surface area (Å²) in [6.07, 6.45) is 3.38. The molecule has 0 unspecified atom stereocenters. The first-order valence-electron chi connectivity index (χ1n) is 7.32. The molecule has 120 valence electrons. The number of rotatable bonds is 3. The van der Waals surface area contributed by atoms with Crippen LogP contribution in [-0.2, 0) is 10.0 Å². The Bertz CT molecular complexity index is 735. The van der Waals surface area contributed by atoms with Gasteiger partial charge < -0.3 is 5.73 Å². The number of halogens is 1. The van der Waals surface area contributed by atoms with Crippen LogP contribution in [0.5, 0.6) is 0 Å². The van der Waals surface area contributed by atoms with Crippen LogP contribution in [0, 0.1) is 0 Å². The number of hydrogen-bond donors (Lipinski definition) is 2. The number of nitrogens with two attached hydrogens (primary N) is 1. The lowest BCUT2D eigenvalue weighted by molar-refractivity contribution is 0.373. The summed E-state index contributed by atoms with van der Waals surface area (Å²) in [6, 6.07) is 13.1. The average Bonchev–Trinajstić information content (AvgIpc) is 2.49. The predicted molar refractivity (Wildman–Crippen MR) is 91.7 cm³/mol. The highest BCUT2D eigenvalue weighted by Crippen LogP contribution is 2.24. The van der Waals surface area contributed by atoms with Crippen LogP contribution in [0.3, 0.4) is 0 Å². The van der Waals surface area contributed by atoms with Gasteiger partial charge in [0.1, 0.15) is 0 Å². The van der Waals surface area contributed by atoms with E-state index in [1.165, 1.54) is 0 Å². The lowest BCUT2D eigenvalue weighted by Gasteiger charge is -2.26. The summed E-state index contributed by atoms with van der Waals surface area (Å²) in [4.78, 5) is 0.357. The van der Waals surface area contributed by atoms with E-state index in [4.69, 9.17) is 5.73 Å². The van der Waals surface area contributed by atoms with Gasteiger partial charge in [0.2, 0.25) is 10.0 Å². The van der Waals surface area contributed by atoms with E-state index in [1.807, 2.05) is 30.3 Å². The Morgan fingerprint density at radius 1 is 0.955 bits per heavy atom. The van der Waals surface area contributed by atoms with Gasteiger partial charge in [-0.2, -0.15) is 0 Å². The standard InChI is InChI=1S/C16H20N2O2S.ClH/c17-13-8-10-14(11-9-13)18-21(19,20)16-7-3-5-12-4-1-2-6-15(12)16;/h1-7,13-14,18H,8-11,17H2;1H. The second-order valence-corrected chi connectivity index (χ2v) is 7.39. The van der Waals surface area contributed by atoms with Crippen LogP contribution in [0.4, 0.5) is 0 Å². The smallest absolute Gasteiger partial charge is 0.241 e. The average molecular weight is 341 g/mol. The largest absolute Gasteiger partial charge is 0.328 e. The first-order chi connectivity index (χ1) is 10.1. The minimum Gasteiger partial charge on any atom is -0.328 e. The van der Waals surface area contributed by atoms with E-state index in [2.05, 4.69) is 4.72 Å². The molecule has 0 atom stereocenters. The molecule has 3 N–H and O–H groups in total. The Balaban J connectivity index is 0.00000176. The fourth-order valence-electron chi connectivity index (χ4n) is 2.95. The van der Waals surface area contributed by atoms with E-state index in [1.54, 1.807) is 12.1 Å². The van der Waals surface area contributed by atoms with Gasteiger partial charge in [-0.15, -0.1) is 12.4 Å². The first-order valence-corrected chi connectivity index (χ1v) is 8.80. The van der Waals surface area contributed by atoms with Gasteiger partial charge in [-0.1, -0.05) is 36.4 Å². The molecule has 0 aromatic heterocycles. The van der Waals surface area contributed by atoms with Crippen molar-refractivity contribution in [1.29, 1.82) is 0 Å². The third-order valence-corrected chi connectivity index (χ3v) is 5.71. The molecular weight excluding hydrogens is 320 g/mol. The van der Waals surface area contributed by atoms with Crippen molar-refractivity contribution in [2.75, 3.05) is 0 Å². The van der Waals surface area contributed by atoms with Gasteiger partial charge in [-0.05, 0) is 37.1 Å². The summed E-state index contributed by atoms with van der Waals surface area (Å²) in [7, 11) is -3.49. The summed E-state index contributed by atoms with van der Waals surface area (Å²) in [5.74, 6) is 0. The lowest BCUT2D eigenvalue weighted by Crippen LogP contribution is -2.40. The molecule has 1 aliphatic rings. The molecule has 0 heterocycles. The maximum atomic E-state index is 12.7. The molecule has 0 bridgehead atoms. The lowest BCUT2D eigenvalue weighted by atomic mass is 9.93. The van der Waals surface area contributed by atoms with Crippen molar-refractivity contribution in [3.05, 3.63) is 42.5 Å². The van der Waals surface area contributed by atoms with Crippen LogP contribution in [-0.4, -0.2) is 20.5 Å². The summed E-state index contributed by atoms with van der Waals surface area (Å²) in [5, 5.41) is 1.70. The molecule has 6 heteroatoms. The molecule has 1 aliphatic carbocycles. The summed E-state index contributed by atoms with van der Waals surface area (Å²) < 4.78 is 28.1. The van der Waals surface area contributed by atoms with Crippen molar-refractivity contribution in [3.63, 3.8) is 0 Å². The Labute approximate surface area is 137 Å². The molecular formula is C16H21ClN2O2S. The molecule has 0 amide bonds. The zero-order chi connectivity index (χ0) is 14.9. The van der Waals surface area contributed by atoms with Crippen molar-refractivity contribution in [2.45, 2.75) is 42.7 Å². The molecule has 1 saturated carbocycles. The highest BCUT2D eigenvalue weighted by atomic mass is 35.5. The number of fused-ring (bicyclic) bond motifs is 1. The molecule has 22 heavy (non-hydrogen) atoms. The van der Waals surface area contributed by atoms with Gasteiger partial charge in [0.15, 0.2) is 0 Å². The number of hydrogen-bond acceptors (Lipinski definition) is 3. The van der Waals surface area contributed by atoms with Crippen LogP contribution in [0.2, 0.25) is 0 Å². The highest BCUT2D eigenvalue weighted by molar-refractivity contribution is 7.89. The van der Waals surface area contributed by atoms with Crippen LogP contribution >= 0.6 is 12.4 Å². The summed E-state index contributed by atoms with van der Waals surface area (Å²) >= 11 is 0. The highest BCUT2D eigenvalue weighted by Gasteiger charge is 2.25. The Kier molecular flexibility index (Phi) is 5.45. The molecule has 2 aromatic rings. The number of benzene rings is 2. The first kappa shape index (κ1) is 17.2. The van der Waals surface area contributed by atoms with E-state index in [0.717, 1.165) is 36.5 Å². The van der Waals surface area contributed by atoms with E-state index in [-0.39, 0.29) is 24.5 Å². The van der Waals surface area contributed by atoms with Crippen molar-refractivity contribution >= 4 is 33.2 Å². The van der Waals surface area contributed by atoms with Crippen molar-refractivity contribution in [3.8, 4) is 0 Å². The second-order valence-electron chi connectivity index (χ2n) is 5.71. The normalized spacial score (nSPS) is 22.2. The van der Waals surface area contributed by atoms with Crippen molar-refractivity contribution in [2.24, 2.45) is 5.73 Å². The van der Waals surface area contributed by atoms with E-state index >= 15 is 0 Å². The fourth-order valence-corrected chi connectivity index (χ4v) is 4.48.